The fourth-order valence-electron chi connectivity index (χ4n) is 2.94. The van der Waals surface area contributed by atoms with E-state index in [0.717, 1.165) is 0 Å². The van der Waals surface area contributed by atoms with E-state index in [1.54, 1.807) is 73.8 Å². The number of esters is 1. The molecule has 0 aliphatic rings. The van der Waals surface area contributed by atoms with Crippen LogP contribution in [0.4, 0.5) is 0 Å². The molecular formula is C26H26N2O6. The molecule has 8 nitrogen and oxygen atoms in total. The van der Waals surface area contributed by atoms with Crippen LogP contribution in [-0.2, 0) is 0 Å². The van der Waals surface area contributed by atoms with Gasteiger partial charge in [0.15, 0.2) is 11.5 Å². The molecule has 3 rings (SSSR count). The van der Waals surface area contributed by atoms with Crippen LogP contribution in [0.1, 0.15) is 40.1 Å². The zero-order valence-electron chi connectivity index (χ0n) is 19.2. The topological polar surface area (TPSA) is 95.5 Å². The molecule has 0 aliphatic carbocycles. The standard InChI is InChI=1S/C26H26N2O6/c1-4-32-22-13-9-20(10-14-22)26(30)34-23-15-6-18(16-24(23)33-5-2)17-27-28-25(29)19-7-11-21(31-3)12-8-19/h6-17H,4-5H2,1-3H3,(H,28,29). The van der Waals surface area contributed by atoms with Gasteiger partial charge in [-0.25, -0.2) is 10.2 Å². The lowest BCUT2D eigenvalue weighted by molar-refractivity contribution is 0.0728. The Hall–Kier alpha value is -4.33. The molecule has 0 radical (unpaired) electrons. The molecular weight excluding hydrogens is 436 g/mol. The average molecular weight is 463 g/mol. The maximum absolute atomic E-state index is 12.5. The molecule has 0 heterocycles. The number of benzene rings is 3. The van der Waals surface area contributed by atoms with Crippen LogP contribution in [0.5, 0.6) is 23.0 Å². The zero-order chi connectivity index (χ0) is 24.3. The van der Waals surface area contributed by atoms with Crippen molar-refractivity contribution in [1.82, 2.24) is 5.43 Å². The van der Waals surface area contributed by atoms with Gasteiger partial charge in [-0.2, -0.15) is 5.10 Å². The third-order valence-corrected chi connectivity index (χ3v) is 4.60. The van der Waals surface area contributed by atoms with E-state index in [4.69, 9.17) is 18.9 Å². The highest BCUT2D eigenvalue weighted by atomic mass is 16.6. The van der Waals surface area contributed by atoms with Gasteiger partial charge in [0.1, 0.15) is 11.5 Å². The predicted molar refractivity (Wildman–Crippen MR) is 128 cm³/mol. The summed E-state index contributed by atoms with van der Waals surface area (Å²) in [6, 6.07) is 18.4. The summed E-state index contributed by atoms with van der Waals surface area (Å²) in [5.74, 6) is 1.12. The van der Waals surface area contributed by atoms with Crippen molar-refractivity contribution >= 4 is 18.1 Å². The van der Waals surface area contributed by atoms with Crippen molar-refractivity contribution in [3.8, 4) is 23.0 Å². The van der Waals surface area contributed by atoms with E-state index in [1.807, 2.05) is 13.8 Å². The molecule has 0 aromatic heterocycles. The number of amides is 1. The first kappa shape index (κ1) is 24.3. The van der Waals surface area contributed by atoms with Gasteiger partial charge in [-0.05, 0) is 86.1 Å². The second-order valence-corrected chi connectivity index (χ2v) is 6.91. The molecule has 0 saturated carbocycles. The Labute approximate surface area is 198 Å². The quantitative estimate of drug-likeness (QED) is 0.207. The molecule has 0 aliphatic heterocycles. The number of hydrogen-bond donors (Lipinski definition) is 1. The molecule has 0 fully saturated rings. The maximum Gasteiger partial charge on any atom is 0.343 e. The lowest BCUT2D eigenvalue weighted by atomic mass is 10.2. The number of methoxy groups -OCH3 is 1. The summed E-state index contributed by atoms with van der Waals surface area (Å²) in [4.78, 5) is 24.8. The van der Waals surface area contributed by atoms with Crippen molar-refractivity contribution in [3.63, 3.8) is 0 Å². The smallest absolute Gasteiger partial charge is 0.343 e. The summed E-state index contributed by atoms with van der Waals surface area (Å²) in [6.45, 7) is 4.64. The normalized spacial score (nSPS) is 10.6. The number of rotatable bonds is 10. The van der Waals surface area contributed by atoms with Gasteiger partial charge in [-0.3, -0.25) is 4.79 Å². The van der Waals surface area contributed by atoms with E-state index >= 15 is 0 Å². The van der Waals surface area contributed by atoms with Crippen molar-refractivity contribution in [2.24, 2.45) is 5.10 Å². The van der Waals surface area contributed by atoms with Gasteiger partial charge in [0.2, 0.25) is 0 Å². The Morgan fingerprint density at radius 2 is 1.47 bits per heavy atom. The van der Waals surface area contributed by atoms with Gasteiger partial charge in [-0.1, -0.05) is 0 Å². The van der Waals surface area contributed by atoms with Crippen LogP contribution in [0.2, 0.25) is 0 Å². The largest absolute Gasteiger partial charge is 0.497 e. The molecule has 1 amide bonds. The number of nitrogens with one attached hydrogen (secondary N) is 1. The maximum atomic E-state index is 12.5. The highest BCUT2D eigenvalue weighted by molar-refractivity contribution is 5.95. The minimum atomic E-state index is -0.517. The summed E-state index contributed by atoms with van der Waals surface area (Å²) in [5.41, 5.74) is 3.96. The number of nitrogens with zero attached hydrogens (tertiary/aromatic N) is 1. The van der Waals surface area contributed by atoms with Crippen LogP contribution >= 0.6 is 0 Å². The van der Waals surface area contributed by atoms with Gasteiger partial charge >= 0.3 is 5.97 Å². The Bertz CT molecular complexity index is 1140. The molecule has 0 spiro atoms. The Morgan fingerprint density at radius 3 is 2.12 bits per heavy atom. The van der Waals surface area contributed by atoms with Crippen molar-refractivity contribution in [2.75, 3.05) is 20.3 Å². The lowest BCUT2D eigenvalue weighted by Crippen LogP contribution is -2.17. The fraction of sp³-hybridized carbons (Fsp3) is 0.192. The van der Waals surface area contributed by atoms with Crippen molar-refractivity contribution in [2.45, 2.75) is 13.8 Å². The van der Waals surface area contributed by atoms with Crippen LogP contribution in [0, 0.1) is 0 Å². The molecule has 0 unspecified atom stereocenters. The minimum Gasteiger partial charge on any atom is -0.497 e. The summed E-state index contributed by atoms with van der Waals surface area (Å²) < 4.78 is 21.6. The van der Waals surface area contributed by atoms with Gasteiger partial charge in [0.05, 0.1) is 32.1 Å². The Balaban J connectivity index is 1.66. The summed E-state index contributed by atoms with van der Waals surface area (Å²) in [5, 5.41) is 3.99. The monoisotopic (exact) mass is 462 g/mol. The van der Waals surface area contributed by atoms with Crippen LogP contribution in [0.15, 0.2) is 71.8 Å². The summed E-state index contributed by atoms with van der Waals surface area (Å²) >= 11 is 0. The van der Waals surface area contributed by atoms with E-state index in [2.05, 4.69) is 10.5 Å². The molecule has 0 saturated heterocycles. The number of hydrazone groups is 1. The van der Waals surface area contributed by atoms with Gasteiger partial charge in [0.25, 0.3) is 5.91 Å². The predicted octanol–water partition coefficient (Wildman–Crippen LogP) is 4.48. The van der Waals surface area contributed by atoms with E-state index in [1.165, 1.54) is 6.21 Å². The fourth-order valence-corrected chi connectivity index (χ4v) is 2.94. The number of ether oxygens (including phenoxy) is 4. The third kappa shape index (κ3) is 6.59. The van der Waals surface area contributed by atoms with E-state index in [-0.39, 0.29) is 11.7 Å². The van der Waals surface area contributed by atoms with Crippen LogP contribution in [0.3, 0.4) is 0 Å². The SMILES string of the molecule is CCOc1ccc(C(=O)Oc2ccc(C=NNC(=O)c3ccc(OC)cc3)cc2OCC)cc1. The Kier molecular flexibility index (Phi) is 8.62. The van der Waals surface area contributed by atoms with Crippen LogP contribution in [0.25, 0.3) is 0 Å². The summed E-state index contributed by atoms with van der Waals surface area (Å²) in [6.07, 6.45) is 1.47. The van der Waals surface area contributed by atoms with E-state index < -0.39 is 5.97 Å². The molecule has 34 heavy (non-hydrogen) atoms. The van der Waals surface area contributed by atoms with Gasteiger partial charge < -0.3 is 18.9 Å². The molecule has 0 atom stereocenters. The average Bonchev–Trinajstić information content (AvgIpc) is 2.86. The highest BCUT2D eigenvalue weighted by Gasteiger charge is 2.13. The molecule has 3 aromatic carbocycles. The number of carbonyl (C=O) groups excluding carboxylic acids is 2. The lowest BCUT2D eigenvalue weighted by Gasteiger charge is -2.11. The first-order chi connectivity index (χ1) is 16.5. The van der Waals surface area contributed by atoms with Gasteiger partial charge in [-0.15, -0.1) is 0 Å². The third-order valence-electron chi connectivity index (χ3n) is 4.60. The second-order valence-electron chi connectivity index (χ2n) is 6.91. The molecule has 8 heteroatoms. The first-order valence-corrected chi connectivity index (χ1v) is 10.7. The molecule has 176 valence electrons. The number of hydrogen-bond acceptors (Lipinski definition) is 7. The molecule has 1 N–H and O–H groups in total. The highest BCUT2D eigenvalue weighted by Crippen LogP contribution is 2.29. The van der Waals surface area contributed by atoms with Crippen LogP contribution < -0.4 is 24.4 Å². The zero-order valence-corrected chi connectivity index (χ0v) is 19.2. The van der Waals surface area contributed by atoms with Crippen molar-refractivity contribution in [1.29, 1.82) is 0 Å². The minimum absolute atomic E-state index is 0.278. The summed E-state index contributed by atoms with van der Waals surface area (Å²) in [7, 11) is 1.56. The first-order valence-electron chi connectivity index (χ1n) is 10.7. The van der Waals surface area contributed by atoms with Crippen LogP contribution in [-0.4, -0.2) is 38.4 Å². The van der Waals surface area contributed by atoms with Gasteiger partial charge in [0, 0.05) is 5.56 Å². The Morgan fingerprint density at radius 1 is 0.824 bits per heavy atom. The van der Waals surface area contributed by atoms with Crippen molar-refractivity contribution < 1.29 is 28.5 Å². The number of carbonyl (C=O) groups is 2. The van der Waals surface area contributed by atoms with E-state index in [0.29, 0.717) is 47.2 Å². The molecule has 0 bridgehead atoms. The van der Waals surface area contributed by atoms with E-state index in [9.17, 15) is 9.59 Å². The molecule has 3 aromatic rings. The van der Waals surface area contributed by atoms with Crippen molar-refractivity contribution in [3.05, 3.63) is 83.4 Å². The second kappa shape index (κ2) is 12.1.